The van der Waals surface area contributed by atoms with E-state index in [0.717, 1.165) is 36.6 Å². The van der Waals surface area contributed by atoms with Gasteiger partial charge in [-0.2, -0.15) is 5.10 Å². The van der Waals surface area contributed by atoms with Crippen LogP contribution in [0.2, 0.25) is 0 Å². The van der Waals surface area contributed by atoms with E-state index in [1.807, 2.05) is 0 Å². The summed E-state index contributed by atoms with van der Waals surface area (Å²) in [6, 6.07) is 2.99. The molecule has 2 aromatic rings. The van der Waals surface area contributed by atoms with Crippen LogP contribution in [-0.2, 0) is 9.53 Å². The maximum absolute atomic E-state index is 13.5. The molecule has 0 unspecified atom stereocenters. The monoisotopic (exact) mass is 378 g/mol. The maximum Gasteiger partial charge on any atom is 0.342 e. The van der Waals surface area contributed by atoms with Crippen LogP contribution in [0, 0.1) is 0 Å². The second-order valence-electron chi connectivity index (χ2n) is 6.23. The van der Waals surface area contributed by atoms with Gasteiger partial charge >= 0.3 is 5.97 Å². The summed E-state index contributed by atoms with van der Waals surface area (Å²) < 4.78 is 33.1. The van der Waals surface area contributed by atoms with Gasteiger partial charge in [0.05, 0.1) is 11.9 Å². The average molecular weight is 378 g/mol. The van der Waals surface area contributed by atoms with Crippen molar-refractivity contribution in [2.24, 2.45) is 0 Å². The van der Waals surface area contributed by atoms with Gasteiger partial charge in [-0.3, -0.25) is 9.78 Å². The molecule has 0 N–H and O–H groups in total. The van der Waals surface area contributed by atoms with Gasteiger partial charge in [-0.1, -0.05) is 12.8 Å². The lowest BCUT2D eigenvalue weighted by atomic mass is 10.2. The summed E-state index contributed by atoms with van der Waals surface area (Å²) in [6.07, 6.45) is 4.91. The van der Waals surface area contributed by atoms with Gasteiger partial charge in [0.1, 0.15) is 11.3 Å². The average Bonchev–Trinajstić information content (AvgIpc) is 2.95. The lowest BCUT2D eigenvalue weighted by Crippen LogP contribution is -2.35. The standard InChI is InChI=1S/C18H20F2N4O3/c19-17(20)16-14(11-22-24(16)13-5-7-21-8-6-13)18(26)27-12-15(25)23-9-3-1-2-4-10-23/h5-8,11,17H,1-4,9-10,12H2. The first-order valence-corrected chi connectivity index (χ1v) is 8.79. The van der Waals surface area contributed by atoms with Crippen molar-refractivity contribution < 1.29 is 23.1 Å². The zero-order chi connectivity index (χ0) is 19.2. The van der Waals surface area contributed by atoms with E-state index in [4.69, 9.17) is 4.74 Å². The Bertz CT molecular complexity index is 787. The van der Waals surface area contributed by atoms with Crippen LogP contribution in [-0.4, -0.2) is 51.2 Å². The highest BCUT2D eigenvalue weighted by molar-refractivity contribution is 5.92. The zero-order valence-corrected chi connectivity index (χ0v) is 14.7. The van der Waals surface area contributed by atoms with Crippen LogP contribution in [0.4, 0.5) is 8.78 Å². The van der Waals surface area contributed by atoms with Crippen molar-refractivity contribution in [1.29, 1.82) is 0 Å². The number of carbonyl (C=O) groups excluding carboxylic acids is 2. The predicted molar refractivity (Wildman–Crippen MR) is 91.6 cm³/mol. The Morgan fingerprint density at radius 1 is 1.11 bits per heavy atom. The summed E-state index contributed by atoms with van der Waals surface area (Å²) in [7, 11) is 0. The van der Waals surface area contributed by atoms with Crippen molar-refractivity contribution in [3.8, 4) is 5.69 Å². The van der Waals surface area contributed by atoms with Gasteiger partial charge in [-0.05, 0) is 25.0 Å². The highest BCUT2D eigenvalue weighted by Crippen LogP contribution is 2.26. The minimum Gasteiger partial charge on any atom is -0.452 e. The number of aromatic nitrogens is 3. The quantitative estimate of drug-likeness (QED) is 0.748. The number of hydrogen-bond donors (Lipinski definition) is 0. The van der Waals surface area contributed by atoms with E-state index in [1.54, 1.807) is 4.90 Å². The van der Waals surface area contributed by atoms with Crippen molar-refractivity contribution in [1.82, 2.24) is 19.7 Å². The minimum atomic E-state index is -2.94. The molecule has 1 fully saturated rings. The second-order valence-corrected chi connectivity index (χ2v) is 6.23. The van der Waals surface area contributed by atoms with Crippen molar-refractivity contribution in [3.05, 3.63) is 42.0 Å². The second kappa shape index (κ2) is 8.70. The third-order valence-corrected chi connectivity index (χ3v) is 4.43. The third-order valence-electron chi connectivity index (χ3n) is 4.43. The molecule has 0 aliphatic carbocycles. The fourth-order valence-electron chi connectivity index (χ4n) is 3.03. The minimum absolute atomic E-state index is 0.314. The van der Waals surface area contributed by atoms with Crippen LogP contribution in [0.5, 0.6) is 0 Å². The highest BCUT2D eigenvalue weighted by Gasteiger charge is 2.27. The molecule has 0 bridgehead atoms. The third kappa shape index (κ3) is 4.47. The number of halogens is 2. The first kappa shape index (κ1) is 18.9. The molecule has 0 saturated carbocycles. The molecule has 3 heterocycles. The van der Waals surface area contributed by atoms with E-state index >= 15 is 0 Å². The number of alkyl halides is 2. The Balaban J connectivity index is 1.71. The van der Waals surface area contributed by atoms with Crippen LogP contribution < -0.4 is 0 Å². The van der Waals surface area contributed by atoms with Gasteiger partial charge in [-0.25, -0.2) is 18.3 Å². The van der Waals surface area contributed by atoms with Crippen molar-refractivity contribution in [2.75, 3.05) is 19.7 Å². The van der Waals surface area contributed by atoms with Gasteiger partial charge in [0.2, 0.25) is 0 Å². The summed E-state index contributed by atoms with van der Waals surface area (Å²) in [5, 5.41) is 3.87. The number of rotatable bonds is 5. The number of pyridine rings is 1. The lowest BCUT2D eigenvalue weighted by Gasteiger charge is -2.19. The Labute approximate surface area is 154 Å². The van der Waals surface area contributed by atoms with Gasteiger partial charge in [0, 0.05) is 25.5 Å². The van der Waals surface area contributed by atoms with Crippen molar-refractivity contribution in [3.63, 3.8) is 0 Å². The van der Waals surface area contributed by atoms with Crippen LogP contribution in [0.1, 0.15) is 48.2 Å². The molecule has 27 heavy (non-hydrogen) atoms. The van der Waals surface area contributed by atoms with Crippen molar-refractivity contribution >= 4 is 11.9 Å². The van der Waals surface area contributed by atoms with E-state index in [2.05, 4.69) is 10.1 Å². The Morgan fingerprint density at radius 3 is 2.41 bits per heavy atom. The molecule has 0 radical (unpaired) electrons. The molecule has 0 aromatic carbocycles. The molecule has 144 valence electrons. The molecule has 1 amide bonds. The van der Waals surface area contributed by atoms with E-state index in [0.29, 0.717) is 18.8 Å². The zero-order valence-electron chi connectivity index (χ0n) is 14.7. The summed E-state index contributed by atoms with van der Waals surface area (Å²) in [5.74, 6) is -1.31. The molecular formula is C18H20F2N4O3. The fourth-order valence-corrected chi connectivity index (χ4v) is 3.03. The summed E-state index contributed by atoms with van der Waals surface area (Å²) in [5.41, 5.74) is -0.584. The summed E-state index contributed by atoms with van der Waals surface area (Å²) >= 11 is 0. The summed E-state index contributed by atoms with van der Waals surface area (Å²) in [4.78, 5) is 30.0. The number of ether oxygens (including phenoxy) is 1. The van der Waals surface area contributed by atoms with Gasteiger partial charge in [0.25, 0.3) is 12.3 Å². The smallest absolute Gasteiger partial charge is 0.342 e. The van der Waals surface area contributed by atoms with Crippen LogP contribution in [0.15, 0.2) is 30.7 Å². The predicted octanol–water partition coefficient (Wildman–Crippen LogP) is 2.76. The largest absolute Gasteiger partial charge is 0.452 e. The molecular weight excluding hydrogens is 358 g/mol. The van der Waals surface area contributed by atoms with Crippen LogP contribution >= 0.6 is 0 Å². The molecule has 7 nitrogen and oxygen atoms in total. The Kier molecular flexibility index (Phi) is 6.10. The molecule has 1 aliphatic heterocycles. The molecule has 1 aliphatic rings. The van der Waals surface area contributed by atoms with Gasteiger partial charge in [0.15, 0.2) is 6.61 Å². The van der Waals surface area contributed by atoms with E-state index < -0.39 is 24.7 Å². The maximum atomic E-state index is 13.5. The number of hydrogen-bond acceptors (Lipinski definition) is 5. The van der Waals surface area contributed by atoms with Crippen LogP contribution in [0.25, 0.3) is 5.69 Å². The Morgan fingerprint density at radius 2 is 1.78 bits per heavy atom. The highest BCUT2D eigenvalue weighted by atomic mass is 19.3. The van der Waals surface area contributed by atoms with E-state index in [9.17, 15) is 18.4 Å². The molecule has 0 spiro atoms. The number of nitrogens with zero attached hydrogens (tertiary/aromatic N) is 4. The normalized spacial score (nSPS) is 14.9. The first-order chi connectivity index (χ1) is 13.1. The number of carbonyl (C=O) groups is 2. The molecule has 3 rings (SSSR count). The van der Waals surface area contributed by atoms with Crippen LogP contribution in [0.3, 0.4) is 0 Å². The number of likely N-dealkylation sites (tertiary alicyclic amines) is 1. The number of esters is 1. The summed E-state index contributed by atoms with van der Waals surface area (Å²) in [6.45, 7) is 0.777. The van der Waals surface area contributed by atoms with E-state index in [-0.39, 0.29) is 11.5 Å². The topological polar surface area (TPSA) is 77.3 Å². The van der Waals surface area contributed by atoms with Gasteiger partial charge in [-0.15, -0.1) is 0 Å². The Hall–Kier alpha value is -2.84. The fraction of sp³-hybridized carbons (Fsp3) is 0.444. The van der Waals surface area contributed by atoms with Gasteiger partial charge < -0.3 is 9.64 Å². The molecule has 1 saturated heterocycles. The molecule has 9 heteroatoms. The first-order valence-electron chi connectivity index (χ1n) is 8.79. The lowest BCUT2D eigenvalue weighted by molar-refractivity contribution is -0.134. The molecule has 0 atom stereocenters. The van der Waals surface area contributed by atoms with E-state index in [1.165, 1.54) is 24.5 Å². The SMILES string of the molecule is O=C(OCC(=O)N1CCCCCC1)c1cnn(-c2ccncc2)c1C(F)F. The number of amides is 1. The van der Waals surface area contributed by atoms with Crippen molar-refractivity contribution in [2.45, 2.75) is 32.1 Å². The molecule has 2 aromatic heterocycles.